The zero-order valence-electron chi connectivity index (χ0n) is 10.1. The first kappa shape index (κ1) is 10.7. The van der Waals surface area contributed by atoms with Crippen molar-refractivity contribution in [1.82, 2.24) is 9.97 Å². The average Bonchev–Trinajstić information content (AvgIpc) is 2.41. The normalized spacial score (nSPS) is 10.7. The fraction of sp³-hybridized carbons (Fsp3) is 0.0667. The summed E-state index contributed by atoms with van der Waals surface area (Å²) in [5, 5.41) is 1.13. The predicted octanol–water partition coefficient (Wildman–Crippen LogP) is 3.19. The Morgan fingerprint density at radius 3 is 2.78 bits per heavy atom. The molecule has 3 nitrogen and oxygen atoms in total. The number of benzene rings is 1. The van der Waals surface area contributed by atoms with Crippen molar-refractivity contribution < 1.29 is 0 Å². The van der Waals surface area contributed by atoms with Gasteiger partial charge in [-0.05, 0) is 36.2 Å². The molecule has 88 valence electrons. The molecule has 0 radical (unpaired) electrons. The molecule has 0 aliphatic heterocycles. The van der Waals surface area contributed by atoms with Crippen LogP contribution in [-0.2, 0) is 0 Å². The van der Waals surface area contributed by atoms with Gasteiger partial charge in [-0.1, -0.05) is 18.2 Å². The molecule has 0 aliphatic rings. The number of aromatic nitrogens is 2. The highest BCUT2D eigenvalue weighted by molar-refractivity contribution is 5.94. The van der Waals surface area contributed by atoms with E-state index in [1.165, 1.54) is 0 Å². The van der Waals surface area contributed by atoms with Crippen LogP contribution in [0.3, 0.4) is 0 Å². The second-order valence-electron chi connectivity index (χ2n) is 4.30. The van der Waals surface area contributed by atoms with E-state index in [1.807, 2.05) is 31.3 Å². The van der Waals surface area contributed by atoms with Crippen LogP contribution in [0.2, 0.25) is 0 Å². The number of hydrogen-bond acceptors (Lipinski definition) is 3. The fourth-order valence-electron chi connectivity index (χ4n) is 2.09. The van der Waals surface area contributed by atoms with E-state index >= 15 is 0 Å². The molecule has 2 N–H and O–H groups in total. The van der Waals surface area contributed by atoms with Gasteiger partial charge in [-0.2, -0.15) is 0 Å². The van der Waals surface area contributed by atoms with Crippen molar-refractivity contribution in [2.24, 2.45) is 0 Å². The summed E-state index contributed by atoms with van der Waals surface area (Å²) in [4.78, 5) is 8.58. The smallest absolute Gasteiger partial charge is 0.126 e. The number of anilines is 1. The molecule has 0 bridgehead atoms. The van der Waals surface area contributed by atoms with Gasteiger partial charge in [-0.3, -0.25) is 4.98 Å². The van der Waals surface area contributed by atoms with Gasteiger partial charge in [0.15, 0.2) is 0 Å². The lowest BCUT2D eigenvalue weighted by molar-refractivity contribution is 1.28. The molecular formula is C15H13N3. The van der Waals surface area contributed by atoms with Gasteiger partial charge in [0, 0.05) is 23.3 Å². The molecule has 2 aromatic heterocycles. The van der Waals surface area contributed by atoms with Gasteiger partial charge in [0.05, 0.1) is 5.52 Å². The lowest BCUT2D eigenvalue weighted by Gasteiger charge is -2.07. The van der Waals surface area contributed by atoms with E-state index in [9.17, 15) is 0 Å². The molecule has 3 heteroatoms. The van der Waals surface area contributed by atoms with Gasteiger partial charge >= 0.3 is 0 Å². The summed E-state index contributed by atoms with van der Waals surface area (Å²) >= 11 is 0. The highest BCUT2D eigenvalue weighted by Crippen LogP contribution is 2.28. The Morgan fingerprint density at radius 1 is 1.06 bits per heavy atom. The third kappa shape index (κ3) is 1.70. The van der Waals surface area contributed by atoms with Gasteiger partial charge in [-0.15, -0.1) is 0 Å². The van der Waals surface area contributed by atoms with Gasteiger partial charge < -0.3 is 5.73 Å². The number of nitrogens with zero attached hydrogens (tertiary/aromatic N) is 2. The maximum Gasteiger partial charge on any atom is 0.126 e. The molecule has 0 fully saturated rings. The molecule has 0 spiro atoms. The summed E-state index contributed by atoms with van der Waals surface area (Å²) in [6.07, 6.45) is 3.61. The molecule has 0 amide bonds. The number of hydrogen-bond donors (Lipinski definition) is 1. The van der Waals surface area contributed by atoms with E-state index in [0.29, 0.717) is 5.82 Å². The Bertz CT molecular complexity index is 715. The first-order chi connectivity index (χ1) is 8.75. The minimum atomic E-state index is 0.581. The number of aryl methyl sites for hydroxylation is 1. The van der Waals surface area contributed by atoms with E-state index in [4.69, 9.17) is 5.73 Å². The molecular weight excluding hydrogens is 222 g/mol. The van der Waals surface area contributed by atoms with Crippen LogP contribution in [0.15, 0.2) is 48.8 Å². The lowest BCUT2D eigenvalue weighted by atomic mass is 10.0. The predicted molar refractivity (Wildman–Crippen MR) is 74.1 cm³/mol. The van der Waals surface area contributed by atoms with E-state index < -0.39 is 0 Å². The van der Waals surface area contributed by atoms with E-state index in [1.54, 1.807) is 6.20 Å². The Labute approximate surface area is 105 Å². The third-order valence-electron chi connectivity index (χ3n) is 3.08. The van der Waals surface area contributed by atoms with Gasteiger partial charge in [0.1, 0.15) is 5.82 Å². The van der Waals surface area contributed by atoms with Crippen LogP contribution >= 0.6 is 0 Å². The fourth-order valence-corrected chi connectivity index (χ4v) is 2.09. The van der Waals surface area contributed by atoms with Crippen LogP contribution in [0.25, 0.3) is 22.0 Å². The minimum absolute atomic E-state index is 0.581. The summed E-state index contributed by atoms with van der Waals surface area (Å²) in [6, 6.07) is 12.2. The standard InChI is InChI=1S/C15H13N3/c1-10-8-11(9-18-15(10)16)12-4-2-6-14-13(12)5-3-7-17-14/h2-9H,1H3,(H2,16,18). The largest absolute Gasteiger partial charge is 0.383 e. The van der Waals surface area contributed by atoms with Crippen molar-refractivity contribution in [3.8, 4) is 11.1 Å². The summed E-state index contributed by atoms with van der Waals surface area (Å²) in [7, 11) is 0. The van der Waals surface area contributed by atoms with E-state index in [2.05, 4.69) is 28.2 Å². The summed E-state index contributed by atoms with van der Waals surface area (Å²) in [5.74, 6) is 0.581. The number of nitrogens with two attached hydrogens (primary N) is 1. The summed E-state index contributed by atoms with van der Waals surface area (Å²) in [5.41, 5.74) is 9.95. The lowest BCUT2D eigenvalue weighted by Crippen LogP contribution is -1.94. The molecule has 0 aliphatic carbocycles. The quantitative estimate of drug-likeness (QED) is 0.704. The monoisotopic (exact) mass is 235 g/mol. The van der Waals surface area contributed by atoms with E-state index in [0.717, 1.165) is 27.6 Å². The maximum absolute atomic E-state index is 5.76. The Kier molecular flexibility index (Phi) is 2.45. The van der Waals surface area contributed by atoms with Crippen molar-refractivity contribution in [2.45, 2.75) is 6.92 Å². The van der Waals surface area contributed by atoms with Crippen LogP contribution in [0, 0.1) is 6.92 Å². The second kappa shape index (κ2) is 4.11. The molecule has 0 saturated carbocycles. The molecule has 18 heavy (non-hydrogen) atoms. The summed E-state index contributed by atoms with van der Waals surface area (Å²) in [6.45, 7) is 1.97. The Hall–Kier alpha value is -2.42. The van der Waals surface area contributed by atoms with Gasteiger partial charge in [0.25, 0.3) is 0 Å². The second-order valence-corrected chi connectivity index (χ2v) is 4.30. The Morgan fingerprint density at radius 2 is 1.94 bits per heavy atom. The number of nitrogen functional groups attached to an aromatic ring is 1. The zero-order chi connectivity index (χ0) is 12.5. The van der Waals surface area contributed by atoms with Crippen molar-refractivity contribution >= 4 is 16.7 Å². The van der Waals surface area contributed by atoms with Crippen LogP contribution in [-0.4, -0.2) is 9.97 Å². The van der Waals surface area contributed by atoms with Crippen molar-refractivity contribution in [2.75, 3.05) is 5.73 Å². The number of pyridine rings is 2. The zero-order valence-corrected chi connectivity index (χ0v) is 10.1. The SMILES string of the molecule is Cc1cc(-c2cccc3ncccc23)cnc1N. The van der Waals surface area contributed by atoms with Crippen LogP contribution in [0.4, 0.5) is 5.82 Å². The highest BCUT2D eigenvalue weighted by Gasteiger charge is 2.05. The Balaban J connectivity index is 2.28. The number of rotatable bonds is 1. The van der Waals surface area contributed by atoms with Gasteiger partial charge in [-0.25, -0.2) is 4.98 Å². The van der Waals surface area contributed by atoms with Crippen LogP contribution < -0.4 is 5.73 Å². The van der Waals surface area contributed by atoms with E-state index in [-0.39, 0.29) is 0 Å². The molecule has 1 aromatic carbocycles. The van der Waals surface area contributed by atoms with Crippen molar-refractivity contribution in [3.05, 3.63) is 54.4 Å². The first-order valence-corrected chi connectivity index (χ1v) is 5.82. The van der Waals surface area contributed by atoms with Gasteiger partial charge in [0.2, 0.25) is 0 Å². The average molecular weight is 235 g/mol. The highest BCUT2D eigenvalue weighted by atomic mass is 14.8. The molecule has 3 rings (SSSR count). The number of fused-ring (bicyclic) bond motifs is 1. The van der Waals surface area contributed by atoms with Crippen LogP contribution in [0.1, 0.15) is 5.56 Å². The minimum Gasteiger partial charge on any atom is -0.383 e. The van der Waals surface area contributed by atoms with Crippen molar-refractivity contribution in [1.29, 1.82) is 0 Å². The topological polar surface area (TPSA) is 51.8 Å². The summed E-state index contributed by atoms with van der Waals surface area (Å²) < 4.78 is 0. The molecule has 0 saturated heterocycles. The maximum atomic E-state index is 5.76. The molecule has 3 aromatic rings. The molecule has 0 atom stereocenters. The van der Waals surface area contributed by atoms with Crippen LogP contribution in [0.5, 0.6) is 0 Å². The molecule has 0 unspecified atom stereocenters. The molecule has 2 heterocycles. The van der Waals surface area contributed by atoms with Crippen molar-refractivity contribution in [3.63, 3.8) is 0 Å². The first-order valence-electron chi connectivity index (χ1n) is 5.82. The third-order valence-corrected chi connectivity index (χ3v) is 3.08.